The van der Waals surface area contributed by atoms with Crippen molar-refractivity contribution < 1.29 is 18.0 Å². The minimum absolute atomic E-state index is 0.0877. The summed E-state index contributed by atoms with van der Waals surface area (Å²) in [4.78, 5) is 19.4. The molecule has 8 heteroatoms. The molecule has 3 rings (SSSR count). The van der Waals surface area contributed by atoms with Gasteiger partial charge in [0.1, 0.15) is 17.5 Å². The number of carbonyl (C=O) groups is 1. The fraction of sp³-hybridized carbons (Fsp3) is 0.111. The molecule has 0 aliphatic carbocycles. The number of nitrogens with one attached hydrogen (secondary N) is 2. The van der Waals surface area contributed by atoms with Gasteiger partial charge in [0.2, 0.25) is 5.91 Å². The highest BCUT2D eigenvalue weighted by Gasteiger charge is 2.18. The summed E-state index contributed by atoms with van der Waals surface area (Å²) in [5.74, 6) is -2.33. The maximum absolute atomic E-state index is 13.6. The molecule has 0 fully saturated rings. The molecule has 2 aromatic carbocycles. The molecule has 2 N–H and O–H groups in total. The van der Waals surface area contributed by atoms with Crippen molar-refractivity contribution >= 4 is 23.4 Å². The predicted octanol–water partition coefficient (Wildman–Crippen LogP) is 4.61. The van der Waals surface area contributed by atoms with Crippen LogP contribution in [0.25, 0.3) is 11.3 Å². The van der Waals surface area contributed by atoms with Crippen molar-refractivity contribution in [3.63, 3.8) is 0 Å². The van der Waals surface area contributed by atoms with Crippen LogP contribution in [-0.4, -0.2) is 21.1 Å². The van der Waals surface area contributed by atoms with E-state index in [1.54, 1.807) is 25.3 Å². The second-order valence-electron chi connectivity index (χ2n) is 5.48. The Morgan fingerprint density at radius 3 is 2.50 bits per heavy atom. The van der Waals surface area contributed by atoms with Crippen LogP contribution < -0.4 is 5.32 Å². The molecule has 1 amide bonds. The number of halogens is 3. The molecule has 4 nitrogen and oxygen atoms in total. The topological polar surface area (TPSA) is 57.8 Å². The quantitative estimate of drug-likeness (QED) is 0.638. The Hall–Kier alpha value is -2.74. The first kappa shape index (κ1) is 18.1. The second-order valence-corrected chi connectivity index (χ2v) is 6.81. The number of benzene rings is 2. The highest BCUT2D eigenvalue weighted by atomic mass is 32.2. The molecule has 1 aromatic heterocycles. The van der Waals surface area contributed by atoms with Gasteiger partial charge >= 0.3 is 0 Å². The number of H-pyrrole nitrogens is 1. The number of anilines is 1. The van der Waals surface area contributed by atoms with Crippen LogP contribution in [0.5, 0.6) is 0 Å². The predicted molar refractivity (Wildman–Crippen MR) is 94.3 cm³/mol. The van der Waals surface area contributed by atoms with Gasteiger partial charge < -0.3 is 10.3 Å². The van der Waals surface area contributed by atoms with Crippen molar-refractivity contribution in [1.29, 1.82) is 0 Å². The van der Waals surface area contributed by atoms with Crippen LogP contribution in [0.2, 0.25) is 0 Å². The van der Waals surface area contributed by atoms with Crippen molar-refractivity contribution in [1.82, 2.24) is 9.97 Å². The van der Waals surface area contributed by atoms with E-state index in [-0.39, 0.29) is 11.5 Å². The van der Waals surface area contributed by atoms with E-state index in [2.05, 4.69) is 15.3 Å². The molecule has 1 atom stereocenters. The summed E-state index contributed by atoms with van der Waals surface area (Å²) in [5.41, 5.74) is 1.36. The highest BCUT2D eigenvalue weighted by Crippen LogP contribution is 2.25. The molecule has 0 bridgehead atoms. The molecule has 134 valence electrons. The van der Waals surface area contributed by atoms with E-state index in [0.29, 0.717) is 16.9 Å². The Morgan fingerprint density at radius 1 is 1.12 bits per heavy atom. The molecule has 1 heterocycles. The minimum Gasteiger partial charge on any atom is -0.333 e. The Bertz CT molecular complexity index is 928. The van der Waals surface area contributed by atoms with Gasteiger partial charge in [0.05, 0.1) is 22.8 Å². The van der Waals surface area contributed by atoms with Crippen LogP contribution in [0.4, 0.5) is 18.9 Å². The second kappa shape index (κ2) is 7.65. The van der Waals surface area contributed by atoms with E-state index in [0.717, 1.165) is 23.4 Å². The zero-order chi connectivity index (χ0) is 18.7. The normalized spacial score (nSPS) is 12.0. The van der Waals surface area contributed by atoms with Gasteiger partial charge in [-0.15, -0.1) is 0 Å². The maximum atomic E-state index is 13.6. The third-order valence-corrected chi connectivity index (χ3v) is 4.55. The van der Waals surface area contributed by atoms with Gasteiger partial charge in [-0.2, -0.15) is 0 Å². The lowest BCUT2D eigenvalue weighted by atomic mass is 10.2. The van der Waals surface area contributed by atoms with Gasteiger partial charge in [0.25, 0.3) is 0 Å². The van der Waals surface area contributed by atoms with Crippen LogP contribution in [-0.2, 0) is 4.79 Å². The summed E-state index contributed by atoms with van der Waals surface area (Å²) < 4.78 is 39.5. The summed E-state index contributed by atoms with van der Waals surface area (Å²) in [5, 5.41) is 2.33. The van der Waals surface area contributed by atoms with Crippen LogP contribution >= 0.6 is 11.8 Å². The van der Waals surface area contributed by atoms with Gasteiger partial charge in [-0.1, -0.05) is 11.8 Å². The molecule has 0 aliphatic rings. The SMILES string of the molecule is CC(Sc1ncc(-c2ccc(F)cc2)[nH]1)C(=O)Nc1ccc(F)cc1F. The van der Waals surface area contributed by atoms with E-state index < -0.39 is 22.8 Å². The number of aromatic nitrogens is 2. The van der Waals surface area contributed by atoms with E-state index in [9.17, 15) is 18.0 Å². The van der Waals surface area contributed by atoms with E-state index >= 15 is 0 Å². The smallest absolute Gasteiger partial charge is 0.237 e. The first-order valence-corrected chi connectivity index (χ1v) is 8.54. The van der Waals surface area contributed by atoms with Crippen molar-refractivity contribution in [3.8, 4) is 11.3 Å². The van der Waals surface area contributed by atoms with Crippen molar-refractivity contribution in [2.45, 2.75) is 17.3 Å². The first-order chi connectivity index (χ1) is 12.4. The van der Waals surface area contributed by atoms with Crippen molar-refractivity contribution in [3.05, 3.63) is 66.1 Å². The molecular formula is C18H14F3N3OS. The molecule has 0 radical (unpaired) electrons. The zero-order valence-corrected chi connectivity index (χ0v) is 14.4. The average molecular weight is 377 g/mol. The number of thioether (sulfide) groups is 1. The third-order valence-electron chi connectivity index (χ3n) is 3.55. The van der Waals surface area contributed by atoms with Crippen LogP contribution in [0.15, 0.2) is 53.8 Å². The summed E-state index contributed by atoms with van der Waals surface area (Å²) in [6.45, 7) is 1.64. The highest BCUT2D eigenvalue weighted by molar-refractivity contribution is 8.00. The fourth-order valence-corrected chi connectivity index (χ4v) is 2.97. The largest absolute Gasteiger partial charge is 0.333 e. The van der Waals surface area contributed by atoms with E-state index in [1.807, 2.05) is 0 Å². The Kier molecular flexibility index (Phi) is 5.32. The molecular weight excluding hydrogens is 363 g/mol. The molecule has 1 unspecified atom stereocenters. The monoisotopic (exact) mass is 377 g/mol. The van der Waals surface area contributed by atoms with E-state index in [1.165, 1.54) is 18.2 Å². The summed E-state index contributed by atoms with van der Waals surface area (Å²) in [6, 6.07) is 8.86. The molecule has 26 heavy (non-hydrogen) atoms. The number of hydrogen-bond donors (Lipinski definition) is 2. The number of hydrogen-bond acceptors (Lipinski definition) is 3. The first-order valence-electron chi connectivity index (χ1n) is 7.66. The number of amides is 1. The fourth-order valence-electron chi connectivity index (χ4n) is 2.19. The lowest BCUT2D eigenvalue weighted by Gasteiger charge is -2.11. The van der Waals surface area contributed by atoms with Gasteiger partial charge in [-0.3, -0.25) is 4.79 Å². The van der Waals surface area contributed by atoms with Crippen molar-refractivity contribution in [2.75, 3.05) is 5.32 Å². The zero-order valence-electron chi connectivity index (χ0n) is 13.6. The molecule has 0 saturated carbocycles. The van der Waals surface area contributed by atoms with Gasteiger partial charge in [0.15, 0.2) is 5.16 Å². The van der Waals surface area contributed by atoms with Crippen LogP contribution in [0.3, 0.4) is 0 Å². The number of imidazole rings is 1. The summed E-state index contributed by atoms with van der Waals surface area (Å²) >= 11 is 1.15. The van der Waals surface area contributed by atoms with Crippen LogP contribution in [0, 0.1) is 17.5 Å². The lowest BCUT2D eigenvalue weighted by Crippen LogP contribution is -2.23. The Morgan fingerprint density at radius 2 is 1.81 bits per heavy atom. The van der Waals surface area contributed by atoms with Crippen molar-refractivity contribution in [2.24, 2.45) is 0 Å². The number of carbonyl (C=O) groups excluding carboxylic acids is 1. The lowest BCUT2D eigenvalue weighted by molar-refractivity contribution is -0.115. The minimum atomic E-state index is -0.841. The Labute approximate surface area is 151 Å². The number of aromatic amines is 1. The molecule has 0 aliphatic heterocycles. The maximum Gasteiger partial charge on any atom is 0.237 e. The summed E-state index contributed by atoms with van der Waals surface area (Å²) in [6.07, 6.45) is 1.58. The van der Waals surface area contributed by atoms with E-state index in [4.69, 9.17) is 0 Å². The van der Waals surface area contributed by atoms with Gasteiger partial charge in [0, 0.05) is 6.07 Å². The molecule has 0 spiro atoms. The number of rotatable bonds is 5. The Balaban J connectivity index is 1.65. The van der Waals surface area contributed by atoms with Crippen LogP contribution in [0.1, 0.15) is 6.92 Å². The average Bonchev–Trinajstić information content (AvgIpc) is 3.06. The standard InChI is InChI=1S/C18H14F3N3OS/c1-10(17(25)23-15-7-6-13(20)8-14(15)21)26-18-22-9-16(24-18)11-2-4-12(19)5-3-11/h2-10H,1H3,(H,22,24)(H,23,25). The third kappa shape index (κ3) is 4.26. The molecule has 3 aromatic rings. The van der Waals surface area contributed by atoms with Gasteiger partial charge in [-0.25, -0.2) is 18.2 Å². The number of nitrogens with zero attached hydrogens (tertiary/aromatic N) is 1. The molecule has 0 saturated heterocycles. The van der Waals surface area contributed by atoms with Gasteiger partial charge in [-0.05, 0) is 48.9 Å². The summed E-state index contributed by atoms with van der Waals surface area (Å²) in [7, 11) is 0.